The Morgan fingerprint density at radius 2 is 1.92 bits per heavy atom. The molecule has 2 fully saturated rings. The lowest BCUT2D eigenvalue weighted by molar-refractivity contribution is -0.138. The third kappa shape index (κ3) is 6.70. The standard InChI is InChI=1S/C25H31F3N4O4/c1-15-12-22(31-36-15)30-24(35)29-20-13-16(18-14-19(18)23(33)34)8-9-21(20)32(11-5-10-25(26,27)28)17-6-3-2-4-7-17/h8-9,12-13,17-19H,2-7,10-11,14H2,1H3,(H,33,34)(H2,29,30,31,35). The Morgan fingerprint density at radius 3 is 2.53 bits per heavy atom. The molecule has 196 valence electrons. The summed E-state index contributed by atoms with van der Waals surface area (Å²) in [7, 11) is 0. The molecule has 4 rings (SSSR count). The van der Waals surface area contributed by atoms with Gasteiger partial charge in [-0.2, -0.15) is 13.2 Å². The number of alkyl halides is 3. The maximum Gasteiger partial charge on any atom is 0.389 e. The van der Waals surface area contributed by atoms with Gasteiger partial charge in [0, 0.05) is 25.1 Å². The Morgan fingerprint density at radius 1 is 1.17 bits per heavy atom. The molecular formula is C25H31F3N4O4. The van der Waals surface area contributed by atoms with Gasteiger partial charge in [-0.05, 0) is 56.2 Å². The quantitative estimate of drug-likeness (QED) is 0.367. The average molecular weight is 509 g/mol. The van der Waals surface area contributed by atoms with Crippen LogP contribution in [0.3, 0.4) is 0 Å². The maximum atomic E-state index is 12.9. The second-order valence-electron chi connectivity index (χ2n) is 9.67. The summed E-state index contributed by atoms with van der Waals surface area (Å²) in [5.74, 6) is -0.753. The van der Waals surface area contributed by atoms with Crippen molar-refractivity contribution in [1.82, 2.24) is 5.16 Å². The summed E-state index contributed by atoms with van der Waals surface area (Å²) in [6.45, 7) is 1.89. The number of carbonyl (C=O) groups excluding carboxylic acids is 1. The van der Waals surface area contributed by atoms with Gasteiger partial charge >= 0.3 is 18.2 Å². The van der Waals surface area contributed by atoms with E-state index in [4.69, 9.17) is 4.52 Å². The fourth-order valence-electron chi connectivity index (χ4n) is 5.01. The number of nitrogens with zero attached hydrogens (tertiary/aromatic N) is 2. The smallest absolute Gasteiger partial charge is 0.389 e. The number of hydrogen-bond acceptors (Lipinski definition) is 5. The van der Waals surface area contributed by atoms with Crippen LogP contribution in [0, 0.1) is 12.8 Å². The van der Waals surface area contributed by atoms with Crippen molar-refractivity contribution in [2.75, 3.05) is 22.1 Å². The van der Waals surface area contributed by atoms with Crippen molar-refractivity contribution in [3.05, 3.63) is 35.6 Å². The number of anilines is 3. The number of carboxylic acids is 1. The lowest BCUT2D eigenvalue weighted by Crippen LogP contribution is -2.38. The topological polar surface area (TPSA) is 108 Å². The zero-order chi connectivity index (χ0) is 25.9. The van der Waals surface area contributed by atoms with E-state index in [1.54, 1.807) is 25.1 Å². The Hall–Kier alpha value is -3.24. The van der Waals surface area contributed by atoms with Gasteiger partial charge in [-0.15, -0.1) is 0 Å². The van der Waals surface area contributed by atoms with E-state index < -0.39 is 30.5 Å². The highest BCUT2D eigenvalue weighted by Crippen LogP contribution is 2.49. The molecule has 0 radical (unpaired) electrons. The van der Waals surface area contributed by atoms with Crippen molar-refractivity contribution in [1.29, 1.82) is 0 Å². The van der Waals surface area contributed by atoms with Gasteiger partial charge in [0.05, 0.1) is 17.3 Å². The van der Waals surface area contributed by atoms with Crippen LogP contribution in [-0.4, -0.2) is 41.0 Å². The van der Waals surface area contributed by atoms with E-state index in [2.05, 4.69) is 15.8 Å². The second kappa shape index (κ2) is 10.8. The molecule has 2 amide bonds. The number of nitrogens with one attached hydrogen (secondary N) is 2. The number of carbonyl (C=O) groups is 2. The minimum Gasteiger partial charge on any atom is -0.481 e. The molecule has 36 heavy (non-hydrogen) atoms. The number of carboxylic acid groups (broad SMARTS) is 1. The number of aryl methyl sites for hydroxylation is 1. The zero-order valence-corrected chi connectivity index (χ0v) is 20.1. The van der Waals surface area contributed by atoms with Crippen LogP contribution in [0.15, 0.2) is 28.8 Å². The molecule has 2 aliphatic rings. The fraction of sp³-hybridized carbons (Fsp3) is 0.560. The van der Waals surface area contributed by atoms with Crippen LogP contribution in [0.1, 0.15) is 68.6 Å². The minimum atomic E-state index is -4.24. The molecule has 0 aliphatic heterocycles. The van der Waals surface area contributed by atoms with E-state index in [-0.39, 0.29) is 30.7 Å². The number of urea groups is 1. The molecule has 2 aromatic rings. The summed E-state index contributed by atoms with van der Waals surface area (Å²) < 4.78 is 43.7. The average Bonchev–Trinajstić information content (AvgIpc) is 3.53. The van der Waals surface area contributed by atoms with E-state index >= 15 is 0 Å². The summed E-state index contributed by atoms with van der Waals surface area (Å²) in [5, 5.41) is 18.5. The van der Waals surface area contributed by atoms with E-state index in [9.17, 15) is 27.9 Å². The first-order valence-electron chi connectivity index (χ1n) is 12.3. The number of aliphatic carboxylic acids is 1. The minimum absolute atomic E-state index is 0.0602. The molecule has 2 atom stereocenters. The molecule has 0 spiro atoms. The molecule has 1 heterocycles. The molecular weight excluding hydrogens is 477 g/mol. The largest absolute Gasteiger partial charge is 0.481 e. The number of benzene rings is 1. The lowest BCUT2D eigenvalue weighted by atomic mass is 9.93. The maximum absolute atomic E-state index is 12.9. The van der Waals surface area contributed by atoms with Gasteiger partial charge in [-0.1, -0.05) is 30.5 Å². The molecule has 2 aliphatic carbocycles. The molecule has 1 aromatic heterocycles. The molecule has 1 aromatic carbocycles. The number of amides is 2. The third-order valence-electron chi connectivity index (χ3n) is 6.86. The van der Waals surface area contributed by atoms with Crippen LogP contribution in [-0.2, 0) is 4.79 Å². The third-order valence-corrected chi connectivity index (χ3v) is 6.86. The lowest BCUT2D eigenvalue weighted by Gasteiger charge is -2.37. The molecule has 0 bridgehead atoms. The highest BCUT2D eigenvalue weighted by Gasteiger charge is 2.44. The molecule has 11 heteroatoms. The van der Waals surface area contributed by atoms with Crippen LogP contribution in [0.4, 0.5) is 35.2 Å². The van der Waals surface area contributed by atoms with Crippen LogP contribution in [0.2, 0.25) is 0 Å². The fourth-order valence-corrected chi connectivity index (χ4v) is 5.01. The van der Waals surface area contributed by atoms with Crippen molar-refractivity contribution < 1.29 is 32.4 Å². The Bertz CT molecular complexity index is 1080. The first kappa shape index (κ1) is 25.8. The van der Waals surface area contributed by atoms with E-state index in [1.165, 1.54) is 0 Å². The molecule has 2 saturated carbocycles. The zero-order valence-electron chi connectivity index (χ0n) is 20.1. The summed E-state index contributed by atoms with van der Waals surface area (Å²) in [4.78, 5) is 26.2. The van der Waals surface area contributed by atoms with Crippen molar-refractivity contribution in [2.24, 2.45) is 5.92 Å². The van der Waals surface area contributed by atoms with Gasteiger partial charge in [0.1, 0.15) is 5.76 Å². The monoisotopic (exact) mass is 508 g/mol. The van der Waals surface area contributed by atoms with Gasteiger partial charge < -0.3 is 19.8 Å². The van der Waals surface area contributed by atoms with Crippen LogP contribution < -0.4 is 15.5 Å². The Balaban J connectivity index is 1.61. The highest BCUT2D eigenvalue weighted by atomic mass is 19.4. The SMILES string of the molecule is Cc1cc(NC(=O)Nc2cc(C3CC3C(=O)O)ccc2N(CCCC(F)(F)F)C2CCCCC2)no1. The van der Waals surface area contributed by atoms with Crippen molar-refractivity contribution in [3.63, 3.8) is 0 Å². The molecule has 0 saturated heterocycles. The number of hydrogen-bond donors (Lipinski definition) is 3. The van der Waals surface area contributed by atoms with Crippen LogP contribution in [0.25, 0.3) is 0 Å². The summed E-state index contributed by atoms with van der Waals surface area (Å²) in [6, 6.07) is 6.41. The predicted octanol–water partition coefficient (Wildman–Crippen LogP) is 6.30. The van der Waals surface area contributed by atoms with Gasteiger partial charge in [0.15, 0.2) is 5.82 Å². The molecule has 2 unspecified atom stereocenters. The van der Waals surface area contributed by atoms with Gasteiger partial charge in [0.2, 0.25) is 0 Å². The normalized spacial score (nSPS) is 20.1. The van der Waals surface area contributed by atoms with Crippen LogP contribution in [0.5, 0.6) is 0 Å². The van der Waals surface area contributed by atoms with E-state index in [0.717, 1.165) is 37.7 Å². The van der Waals surface area contributed by atoms with Gasteiger partial charge in [0.25, 0.3) is 0 Å². The number of halogens is 3. The van der Waals surface area contributed by atoms with E-state index in [1.807, 2.05) is 11.0 Å². The number of aromatic nitrogens is 1. The Kier molecular flexibility index (Phi) is 7.75. The van der Waals surface area contributed by atoms with Crippen LogP contribution >= 0.6 is 0 Å². The second-order valence-corrected chi connectivity index (χ2v) is 9.67. The summed E-state index contributed by atoms with van der Waals surface area (Å²) >= 11 is 0. The summed E-state index contributed by atoms with van der Waals surface area (Å²) in [5.41, 5.74) is 1.84. The number of rotatable bonds is 9. The van der Waals surface area contributed by atoms with Gasteiger partial charge in [-0.3, -0.25) is 10.1 Å². The van der Waals surface area contributed by atoms with Crippen molar-refractivity contribution in [3.8, 4) is 0 Å². The molecule has 3 N–H and O–H groups in total. The Labute approximate surface area is 207 Å². The highest BCUT2D eigenvalue weighted by molar-refractivity contribution is 6.01. The first-order chi connectivity index (χ1) is 17.1. The van der Waals surface area contributed by atoms with Crippen molar-refractivity contribution in [2.45, 2.75) is 76.4 Å². The van der Waals surface area contributed by atoms with Gasteiger partial charge in [-0.25, -0.2) is 4.79 Å². The predicted molar refractivity (Wildman–Crippen MR) is 128 cm³/mol. The summed E-state index contributed by atoms with van der Waals surface area (Å²) in [6.07, 6.45) is 0.135. The van der Waals surface area contributed by atoms with Crippen molar-refractivity contribution >= 4 is 29.2 Å². The molecule has 8 nitrogen and oxygen atoms in total. The van der Waals surface area contributed by atoms with E-state index in [0.29, 0.717) is 23.6 Å². The first-order valence-corrected chi connectivity index (χ1v) is 12.3.